The number of aromatic nitrogens is 1. The van der Waals surface area contributed by atoms with Crippen molar-refractivity contribution in [2.45, 2.75) is 13.3 Å². The molecule has 2 heterocycles. The number of carbonyl (C=O) groups excluding carboxylic acids is 1. The zero-order chi connectivity index (χ0) is 15.0. The molecular weight excluding hydrogens is 330 g/mol. The van der Waals surface area contributed by atoms with E-state index in [4.69, 9.17) is 0 Å². The third-order valence-electron chi connectivity index (χ3n) is 3.56. The molecule has 1 N–H and O–H groups in total. The number of halogens is 1. The van der Waals surface area contributed by atoms with Gasteiger partial charge in [0.25, 0.3) is 0 Å². The molecule has 106 valence electrons. The second-order valence-electron chi connectivity index (χ2n) is 4.86. The Balaban J connectivity index is 2.18. The van der Waals surface area contributed by atoms with Crippen LogP contribution in [-0.4, -0.2) is 15.3 Å². The highest BCUT2D eigenvalue weighted by molar-refractivity contribution is 9.10. The van der Waals surface area contributed by atoms with Crippen molar-refractivity contribution in [3.05, 3.63) is 70.0 Å². The van der Waals surface area contributed by atoms with Crippen molar-refractivity contribution in [1.29, 1.82) is 0 Å². The van der Waals surface area contributed by atoms with E-state index in [0.29, 0.717) is 15.7 Å². The van der Waals surface area contributed by atoms with Gasteiger partial charge in [0.1, 0.15) is 5.75 Å². The van der Waals surface area contributed by atoms with Crippen LogP contribution in [0.3, 0.4) is 0 Å². The predicted octanol–water partition coefficient (Wildman–Crippen LogP) is 4.20. The molecule has 2 aromatic heterocycles. The molecule has 0 amide bonds. The van der Waals surface area contributed by atoms with E-state index in [1.807, 2.05) is 41.8 Å². The van der Waals surface area contributed by atoms with Crippen molar-refractivity contribution in [1.82, 2.24) is 4.40 Å². The number of hydrogen-bond acceptors (Lipinski definition) is 2. The summed E-state index contributed by atoms with van der Waals surface area (Å²) in [6.45, 7) is 2.04. The number of hydrogen-bond donors (Lipinski definition) is 1. The second-order valence-corrected chi connectivity index (χ2v) is 5.72. The first-order chi connectivity index (χ1) is 10.1. The average molecular weight is 344 g/mol. The number of phenols is 1. The van der Waals surface area contributed by atoms with E-state index in [1.54, 1.807) is 12.1 Å². The minimum absolute atomic E-state index is 0.0428. The van der Waals surface area contributed by atoms with Crippen LogP contribution in [0.5, 0.6) is 5.75 Å². The van der Waals surface area contributed by atoms with Crippen LogP contribution in [0.4, 0.5) is 0 Å². The number of carbonyl (C=O) groups is 1. The minimum atomic E-state index is -0.0428. The van der Waals surface area contributed by atoms with Crippen LogP contribution < -0.4 is 0 Å². The smallest absolute Gasteiger partial charge is 0.210 e. The summed E-state index contributed by atoms with van der Waals surface area (Å²) < 4.78 is 2.44. The molecule has 0 unspecified atom stereocenters. The van der Waals surface area contributed by atoms with Crippen molar-refractivity contribution in [3.63, 3.8) is 0 Å². The largest absolute Gasteiger partial charge is 0.507 e. The lowest BCUT2D eigenvalue weighted by atomic mass is 10.0. The van der Waals surface area contributed by atoms with Crippen molar-refractivity contribution in [2.24, 2.45) is 0 Å². The molecule has 4 heteroatoms. The maximum atomic E-state index is 12.8. The first kappa shape index (κ1) is 13.9. The van der Waals surface area contributed by atoms with Crippen molar-refractivity contribution in [3.8, 4) is 5.75 Å². The fraction of sp³-hybridized carbons (Fsp3) is 0.118. The molecular formula is C17H14BrNO2. The number of nitrogens with zero attached hydrogens (tertiary/aromatic N) is 1. The Morgan fingerprint density at radius 2 is 2.05 bits per heavy atom. The number of aromatic hydroxyl groups is 1. The summed E-state index contributed by atoms with van der Waals surface area (Å²) in [7, 11) is 0. The summed E-state index contributed by atoms with van der Waals surface area (Å²) >= 11 is 3.25. The summed E-state index contributed by atoms with van der Waals surface area (Å²) in [5.41, 5.74) is 3.27. The van der Waals surface area contributed by atoms with Gasteiger partial charge in [-0.05, 0) is 64.3 Å². The van der Waals surface area contributed by atoms with E-state index >= 15 is 0 Å². The zero-order valence-electron chi connectivity index (χ0n) is 11.5. The van der Waals surface area contributed by atoms with Gasteiger partial charge in [-0.25, -0.2) is 0 Å². The Hall–Kier alpha value is -2.07. The van der Waals surface area contributed by atoms with Gasteiger partial charge in [-0.2, -0.15) is 0 Å². The van der Waals surface area contributed by atoms with Gasteiger partial charge in [0.15, 0.2) is 0 Å². The second kappa shape index (κ2) is 5.37. The molecule has 0 aliphatic rings. The van der Waals surface area contributed by atoms with Gasteiger partial charge in [-0.1, -0.05) is 13.0 Å². The first-order valence-corrected chi connectivity index (χ1v) is 7.53. The number of pyridine rings is 1. The molecule has 21 heavy (non-hydrogen) atoms. The van der Waals surface area contributed by atoms with E-state index in [1.165, 1.54) is 6.07 Å². The van der Waals surface area contributed by atoms with Crippen LogP contribution in [0.1, 0.15) is 28.5 Å². The zero-order valence-corrected chi connectivity index (χ0v) is 13.1. The number of aryl methyl sites for hydroxylation is 1. The quantitative estimate of drug-likeness (QED) is 0.724. The standard InChI is InChI=1S/C17H14BrNO2/c1-2-11-9-13-5-3-4-8-19(13)16(11)17(21)12-6-7-15(20)14(18)10-12/h3-10,20H,2H2,1H3. The SMILES string of the molecule is CCc1cc2ccccn2c1C(=O)c1ccc(O)c(Br)c1. The number of fused-ring (bicyclic) bond motifs is 1. The normalized spacial score (nSPS) is 11.0. The molecule has 0 aliphatic heterocycles. The lowest BCUT2D eigenvalue weighted by Gasteiger charge is -2.06. The Labute approximate surface area is 131 Å². The fourth-order valence-corrected chi connectivity index (χ4v) is 2.87. The van der Waals surface area contributed by atoms with E-state index in [2.05, 4.69) is 15.9 Å². The van der Waals surface area contributed by atoms with E-state index in [-0.39, 0.29) is 11.5 Å². The highest BCUT2D eigenvalue weighted by Crippen LogP contribution is 2.27. The number of benzene rings is 1. The molecule has 0 bridgehead atoms. The average Bonchev–Trinajstić information content (AvgIpc) is 2.87. The Kier molecular flexibility index (Phi) is 3.55. The number of ketones is 1. The minimum Gasteiger partial charge on any atom is -0.507 e. The molecule has 3 rings (SSSR count). The monoisotopic (exact) mass is 343 g/mol. The Morgan fingerprint density at radius 3 is 2.76 bits per heavy atom. The van der Waals surface area contributed by atoms with E-state index in [0.717, 1.165) is 17.5 Å². The van der Waals surface area contributed by atoms with Crippen LogP contribution in [0, 0.1) is 0 Å². The summed E-state index contributed by atoms with van der Waals surface area (Å²) in [4.78, 5) is 12.8. The predicted molar refractivity (Wildman–Crippen MR) is 86.0 cm³/mol. The lowest BCUT2D eigenvalue weighted by Crippen LogP contribution is -2.07. The topological polar surface area (TPSA) is 41.7 Å². The molecule has 3 nitrogen and oxygen atoms in total. The van der Waals surface area contributed by atoms with Crippen LogP contribution >= 0.6 is 15.9 Å². The molecule has 0 saturated heterocycles. The van der Waals surface area contributed by atoms with Crippen molar-refractivity contribution in [2.75, 3.05) is 0 Å². The van der Waals surface area contributed by atoms with Crippen LogP contribution in [0.25, 0.3) is 5.52 Å². The molecule has 1 aromatic carbocycles. The lowest BCUT2D eigenvalue weighted by molar-refractivity contribution is 0.103. The van der Waals surface area contributed by atoms with Crippen LogP contribution in [0.15, 0.2) is 53.1 Å². The number of rotatable bonds is 3. The molecule has 0 spiro atoms. The summed E-state index contributed by atoms with van der Waals surface area (Å²) in [5.74, 6) is 0.0843. The maximum absolute atomic E-state index is 12.8. The first-order valence-electron chi connectivity index (χ1n) is 6.74. The van der Waals surface area contributed by atoms with E-state index in [9.17, 15) is 9.90 Å². The van der Waals surface area contributed by atoms with Crippen molar-refractivity contribution < 1.29 is 9.90 Å². The van der Waals surface area contributed by atoms with Gasteiger partial charge in [0, 0.05) is 17.3 Å². The van der Waals surface area contributed by atoms with E-state index < -0.39 is 0 Å². The Bertz CT molecular complexity index is 836. The third kappa shape index (κ3) is 2.36. The molecule has 0 radical (unpaired) electrons. The van der Waals surface area contributed by atoms with Gasteiger partial charge in [-0.3, -0.25) is 4.79 Å². The summed E-state index contributed by atoms with van der Waals surface area (Å²) in [5, 5.41) is 9.57. The fourth-order valence-electron chi connectivity index (χ4n) is 2.49. The summed E-state index contributed by atoms with van der Waals surface area (Å²) in [6, 6.07) is 12.7. The van der Waals surface area contributed by atoms with Gasteiger partial charge < -0.3 is 9.51 Å². The number of phenolic OH excluding ortho intramolecular Hbond substituents is 1. The maximum Gasteiger partial charge on any atom is 0.210 e. The molecule has 0 atom stereocenters. The molecule has 0 fully saturated rings. The van der Waals surface area contributed by atoms with Gasteiger partial charge in [-0.15, -0.1) is 0 Å². The van der Waals surface area contributed by atoms with Gasteiger partial charge in [0.05, 0.1) is 10.2 Å². The van der Waals surface area contributed by atoms with Crippen LogP contribution in [-0.2, 0) is 6.42 Å². The Morgan fingerprint density at radius 1 is 1.24 bits per heavy atom. The van der Waals surface area contributed by atoms with Gasteiger partial charge >= 0.3 is 0 Å². The highest BCUT2D eigenvalue weighted by atomic mass is 79.9. The van der Waals surface area contributed by atoms with Gasteiger partial charge in [0.2, 0.25) is 5.78 Å². The summed E-state index contributed by atoms with van der Waals surface area (Å²) in [6.07, 6.45) is 2.69. The molecule has 0 saturated carbocycles. The molecule has 3 aromatic rings. The molecule has 0 aliphatic carbocycles. The third-order valence-corrected chi connectivity index (χ3v) is 4.20. The highest BCUT2D eigenvalue weighted by Gasteiger charge is 2.18. The van der Waals surface area contributed by atoms with Crippen molar-refractivity contribution >= 4 is 27.2 Å². The van der Waals surface area contributed by atoms with Crippen LogP contribution in [0.2, 0.25) is 0 Å².